The molecule has 0 aliphatic heterocycles. The van der Waals surface area contributed by atoms with Crippen LogP contribution in [0.1, 0.15) is 12.5 Å². The maximum Gasteiger partial charge on any atom is 0.237 e. The van der Waals surface area contributed by atoms with Crippen molar-refractivity contribution in [1.29, 1.82) is 0 Å². The molecule has 3 N–H and O–H groups in total. The van der Waals surface area contributed by atoms with Crippen molar-refractivity contribution >= 4 is 46.6 Å². The Morgan fingerprint density at radius 1 is 1.24 bits per heavy atom. The second kappa shape index (κ2) is 8.94. The SMILES string of the molecule is COc1cc(Cl)c(C)cc1NC(=O)C(C)Sc1nnc(-c2ccc(Cl)cc2)n1N. The Kier molecular flexibility index (Phi) is 6.56. The molecule has 0 radical (unpaired) electrons. The van der Waals surface area contributed by atoms with Crippen molar-refractivity contribution in [3.63, 3.8) is 0 Å². The predicted molar refractivity (Wildman–Crippen MR) is 117 cm³/mol. The molecular formula is C19H19Cl2N5O2S. The number of benzene rings is 2. The van der Waals surface area contributed by atoms with Crippen molar-refractivity contribution in [3.05, 3.63) is 52.0 Å². The van der Waals surface area contributed by atoms with E-state index in [2.05, 4.69) is 15.5 Å². The summed E-state index contributed by atoms with van der Waals surface area (Å²) in [6.07, 6.45) is 0. The number of nitrogens with two attached hydrogens (primary N) is 1. The van der Waals surface area contributed by atoms with E-state index in [1.165, 1.54) is 23.5 Å². The Hall–Kier alpha value is -2.42. The zero-order chi connectivity index (χ0) is 21.1. The maximum absolute atomic E-state index is 12.7. The molecule has 2 aromatic carbocycles. The summed E-state index contributed by atoms with van der Waals surface area (Å²) in [5.74, 6) is 6.86. The Bertz CT molecular complexity index is 1040. The molecule has 0 bridgehead atoms. The molecule has 0 spiro atoms. The number of hydrogen-bond donors (Lipinski definition) is 2. The van der Waals surface area contributed by atoms with Crippen LogP contribution in [-0.4, -0.2) is 33.1 Å². The molecule has 0 fully saturated rings. The molecule has 0 saturated carbocycles. The maximum atomic E-state index is 12.7. The number of nitrogens with one attached hydrogen (secondary N) is 1. The van der Waals surface area contributed by atoms with Gasteiger partial charge in [-0.3, -0.25) is 4.79 Å². The largest absolute Gasteiger partial charge is 0.495 e. The molecule has 10 heteroatoms. The number of aromatic nitrogens is 3. The number of halogens is 2. The molecule has 3 rings (SSSR count). The van der Waals surface area contributed by atoms with Crippen molar-refractivity contribution in [1.82, 2.24) is 14.9 Å². The summed E-state index contributed by atoms with van der Waals surface area (Å²) in [7, 11) is 1.52. The van der Waals surface area contributed by atoms with E-state index in [4.69, 9.17) is 33.8 Å². The molecule has 7 nitrogen and oxygen atoms in total. The molecule has 1 heterocycles. The number of rotatable bonds is 6. The van der Waals surface area contributed by atoms with Gasteiger partial charge < -0.3 is 15.9 Å². The third-order valence-corrected chi connectivity index (χ3v) is 5.87. The lowest BCUT2D eigenvalue weighted by Crippen LogP contribution is -2.24. The Morgan fingerprint density at radius 3 is 2.59 bits per heavy atom. The first-order valence-corrected chi connectivity index (χ1v) is 10.2. The van der Waals surface area contributed by atoms with Gasteiger partial charge >= 0.3 is 0 Å². The highest BCUT2D eigenvalue weighted by molar-refractivity contribution is 8.00. The Balaban J connectivity index is 1.74. The second-order valence-corrected chi connectivity index (χ2v) is 8.39. The normalized spacial score (nSPS) is 11.9. The topological polar surface area (TPSA) is 95.1 Å². The molecule has 1 unspecified atom stereocenters. The van der Waals surface area contributed by atoms with Gasteiger partial charge in [0.15, 0.2) is 5.82 Å². The average Bonchev–Trinajstić information content (AvgIpc) is 3.05. The van der Waals surface area contributed by atoms with Crippen molar-refractivity contribution in [2.24, 2.45) is 0 Å². The van der Waals surface area contributed by atoms with E-state index >= 15 is 0 Å². The number of ether oxygens (including phenoxy) is 1. The number of carbonyl (C=O) groups excluding carboxylic acids is 1. The number of nitrogens with zero attached hydrogens (tertiary/aromatic N) is 3. The molecule has 1 atom stereocenters. The lowest BCUT2D eigenvalue weighted by molar-refractivity contribution is -0.115. The fraction of sp³-hybridized carbons (Fsp3) is 0.211. The van der Waals surface area contributed by atoms with Crippen LogP contribution in [-0.2, 0) is 4.79 Å². The first-order valence-electron chi connectivity index (χ1n) is 8.58. The Morgan fingerprint density at radius 2 is 1.93 bits per heavy atom. The number of hydrogen-bond acceptors (Lipinski definition) is 6. The highest BCUT2D eigenvalue weighted by atomic mass is 35.5. The van der Waals surface area contributed by atoms with Gasteiger partial charge in [0.25, 0.3) is 0 Å². The molecule has 1 aromatic heterocycles. The molecule has 1 amide bonds. The monoisotopic (exact) mass is 451 g/mol. The van der Waals surface area contributed by atoms with Crippen LogP contribution in [0.4, 0.5) is 5.69 Å². The van der Waals surface area contributed by atoms with Gasteiger partial charge in [-0.05, 0) is 49.7 Å². The number of anilines is 1. The number of carbonyl (C=O) groups is 1. The van der Waals surface area contributed by atoms with Gasteiger partial charge in [0, 0.05) is 21.7 Å². The zero-order valence-electron chi connectivity index (χ0n) is 15.9. The molecule has 0 aliphatic rings. The fourth-order valence-corrected chi connectivity index (χ4v) is 3.58. The van der Waals surface area contributed by atoms with E-state index in [1.54, 1.807) is 43.3 Å². The summed E-state index contributed by atoms with van der Waals surface area (Å²) >= 11 is 13.2. The average molecular weight is 452 g/mol. The summed E-state index contributed by atoms with van der Waals surface area (Å²) in [6.45, 7) is 3.61. The van der Waals surface area contributed by atoms with Crippen LogP contribution in [0, 0.1) is 6.92 Å². The van der Waals surface area contributed by atoms with Crippen LogP contribution < -0.4 is 15.9 Å². The number of thioether (sulfide) groups is 1. The lowest BCUT2D eigenvalue weighted by atomic mass is 10.2. The van der Waals surface area contributed by atoms with Crippen LogP contribution in [0.2, 0.25) is 10.0 Å². The molecule has 0 aliphatic carbocycles. The number of amides is 1. The minimum atomic E-state index is -0.486. The molecule has 29 heavy (non-hydrogen) atoms. The van der Waals surface area contributed by atoms with Gasteiger partial charge in [0.1, 0.15) is 5.75 Å². The minimum Gasteiger partial charge on any atom is -0.495 e. The van der Waals surface area contributed by atoms with E-state index in [1.807, 2.05) is 6.92 Å². The molecule has 152 valence electrons. The Labute approximate surface area is 182 Å². The van der Waals surface area contributed by atoms with Crippen LogP contribution >= 0.6 is 35.0 Å². The minimum absolute atomic E-state index is 0.230. The number of aryl methyl sites for hydroxylation is 1. The first kappa shape index (κ1) is 21.3. The first-order chi connectivity index (χ1) is 13.8. The van der Waals surface area contributed by atoms with Crippen LogP contribution in [0.5, 0.6) is 5.75 Å². The summed E-state index contributed by atoms with van der Waals surface area (Å²) < 4.78 is 6.65. The van der Waals surface area contributed by atoms with Crippen LogP contribution in [0.15, 0.2) is 41.6 Å². The van der Waals surface area contributed by atoms with Gasteiger partial charge in [0.05, 0.1) is 18.0 Å². The van der Waals surface area contributed by atoms with Gasteiger partial charge in [-0.15, -0.1) is 10.2 Å². The summed E-state index contributed by atoms with van der Waals surface area (Å²) in [4.78, 5) is 12.7. The standard InChI is InChI=1S/C19H19Cl2N5O2S/c1-10-8-15(16(28-3)9-14(10)21)23-18(27)11(2)29-19-25-24-17(26(19)22)12-4-6-13(20)7-5-12/h4-9,11H,22H2,1-3H3,(H,23,27). The third-order valence-electron chi connectivity index (χ3n) is 4.16. The summed E-state index contributed by atoms with van der Waals surface area (Å²) in [5.41, 5.74) is 2.15. The van der Waals surface area contributed by atoms with Crippen molar-refractivity contribution < 1.29 is 9.53 Å². The highest BCUT2D eigenvalue weighted by Gasteiger charge is 2.21. The molecule has 0 saturated heterocycles. The fourth-order valence-electron chi connectivity index (χ4n) is 2.53. The van der Waals surface area contributed by atoms with E-state index < -0.39 is 5.25 Å². The van der Waals surface area contributed by atoms with Gasteiger partial charge in [-0.2, -0.15) is 0 Å². The summed E-state index contributed by atoms with van der Waals surface area (Å²) in [6, 6.07) is 10.5. The second-order valence-electron chi connectivity index (χ2n) is 6.23. The zero-order valence-corrected chi connectivity index (χ0v) is 18.3. The number of methoxy groups -OCH3 is 1. The summed E-state index contributed by atoms with van der Waals surface area (Å²) in [5, 5.41) is 12.2. The van der Waals surface area contributed by atoms with Crippen LogP contribution in [0.3, 0.4) is 0 Å². The van der Waals surface area contributed by atoms with Gasteiger partial charge in [-0.1, -0.05) is 35.0 Å². The van der Waals surface area contributed by atoms with Gasteiger partial charge in [0.2, 0.25) is 11.1 Å². The van der Waals surface area contributed by atoms with Crippen molar-refractivity contribution in [2.75, 3.05) is 18.3 Å². The van der Waals surface area contributed by atoms with E-state index in [0.29, 0.717) is 32.5 Å². The predicted octanol–water partition coefficient (Wildman–Crippen LogP) is 4.40. The molecule has 3 aromatic rings. The van der Waals surface area contributed by atoms with Crippen molar-refractivity contribution in [3.8, 4) is 17.1 Å². The van der Waals surface area contributed by atoms with E-state index in [9.17, 15) is 4.79 Å². The number of nitrogen functional groups attached to an aromatic ring is 1. The van der Waals surface area contributed by atoms with Crippen LogP contribution in [0.25, 0.3) is 11.4 Å². The smallest absolute Gasteiger partial charge is 0.237 e. The third kappa shape index (κ3) is 4.77. The highest BCUT2D eigenvalue weighted by Crippen LogP contribution is 2.32. The van der Waals surface area contributed by atoms with Gasteiger partial charge in [-0.25, -0.2) is 4.68 Å². The van der Waals surface area contributed by atoms with E-state index in [0.717, 1.165) is 11.1 Å². The van der Waals surface area contributed by atoms with E-state index in [-0.39, 0.29) is 5.91 Å². The molecular weight excluding hydrogens is 433 g/mol. The van der Waals surface area contributed by atoms with Crippen molar-refractivity contribution in [2.45, 2.75) is 24.3 Å². The quantitative estimate of drug-likeness (QED) is 0.425. The lowest BCUT2D eigenvalue weighted by Gasteiger charge is -2.15.